The SMILES string of the molecule is CN=C(NCc1ccc(CN2CCCC2)cc1)Nc1ccc2c(c1)OCCCO2. The van der Waals surface area contributed by atoms with Gasteiger partial charge in [-0.3, -0.25) is 9.89 Å². The van der Waals surface area contributed by atoms with Gasteiger partial charge in [0.15, 0.2) is 17.5 Å². The first-order chi connectivity index (χ1) is 14.3. The van der Waals surface area contributed by atoms with Crippen LogP contribution in [0.4, 0.5) is 5.69 Å². The van der Waals surface area contributed by atoms with Crippen molar-refractivity contribution in [1.29, 1.82) is 0 Å². The van der Waals surface area contributed by atoms with Crippen LogP contribution in [0, 0.1) is 0 Å². The molecule has 0 amide bonds. The van der Waals surface area contributed by atoms with Crippen LogP contribution in [0.25, 0.3) is 0 Å². The van der Waals surface area contributed by atoms with E-state index >= 15 is 0 Å². The van der Waals surface area contributed by atoms with Crippen molar-refractivity contribution in [1.82, 2.24) is 10.2 Å². The van der Waals surface area contributed by atoms with Crippen LogP contribution < -0.4 is 20.1 Å². The van der Waals surface area contributed by atoms with Gasteiger partial charge in [0.1, 0.15) is 0 Å². The van der Waals surface area contributed by atoms with Crippen molar-refractivity contribution in [2.24, 2.45) is 4.99 Å². The molecule has 0 atom stereocenters. The van der Waals surface area contributed by atoms with Crippen molar-refractivity contribution in [2.45, 2.75) is 32.4 Å². The number of hydrogen-bond acceptors (Lipinski definition) is 4. The second-order valence-electron chi connectivity index (χ2n) is 7.56. The Kier molecular flexibility index (Phi) is 6.52. The first kappa shape index (κ1) is 19.6. The van der Waals surface area contributed by atoms with E-state index < -0.39 is 0 Å². The zero-order chi connectivity index (χ0) is 19.9. The Hall–Kier alpha value is -2.73. The highest BCUT2D eigenvalue weighted by atomic mass is 16.5. The number of nitrogens with one attached hydrogen (secondary N) is 2. The fraction of sp³-hybridized carbons (Fsp3) is 0.435. The summed E-state index contributed by atoms with van der Waals surface area (Å²) in [4.78, 5) is 6.85. The van der Waals surface area contributed by atoms with E-state index in [4.69, 9.17) is 9.47 Å². The summed E-state index contributed by atoms with van der Waals surface area (Å²) >= 11 is 0. The van der Waals surface area contributed by atoms with Gasteiger partial charge in [-0.2, -0.15) is 0 Å². The third-order valence-corrected chi connectivity index (χ3v) is 5.32. The lowest BCUT2D eigenvalue weighted by Gasteiger charge is -2.16. The van der Waals surface area contributed by atoms with E-state index in [1.807, 2.05) is 18.2 Å². The molecule has 29 heavy (non-hydrogen) atoms. The number of anilines is 1. The molecule has 1 saturated heterocycles. The van der Waals surface area contributed by atoms with Crippen LogP contribution in [0.1, 0.15) is 30.4 Å². The van der Waals surface area contributed by atoms with Gasteiger partial charge in [0.25, 0.3) is 0 Å². The number of ether oxygens (including phenoxy) is 2. The number of nitrogens with zero attached hydrogens (tertiary/aromatic N) is 2. The topological polar surface area (TPSA) is 58.1 Å². The summed E-state index contributed by atoms with van der Waals surface area (Å²) in [6.07, 6.45) is 3.56. The fourth-order valence-corrected chi connectivity index (χ4v) is 3.70. The molecule has 0 unspecified atom stereocenters. The molecule has 0 radical (unpaired) electrons. The molecular formula is C23H30N4O2. The highest BCUT2D eigenvalue weighted by Crippen LogP contribution is 2.32. The van der Waals surface area contributed by atoms with Crippen LogP contribution in [0.5, 0.6) is 11.5 Å². The van der Waals surface area contributed by atoms with Crippen molar-refractivity contribution in [3.63, 3.8) is 0 Å². The summed E-state index contributed by atoms with van der Waals surface area (Å²) in [5, 5.41) is 6.70. The number of benzene rings is 2. The van der Waals surface area contributed by atoms with Crippen molar-refractivity contribution < 1.29 is 9.47 Å². The Morgan fingerprint density at radius 1 is 0.931 bits per heavy atom. The Morgan fingerprint density at radius 3 is 2.41 bits per heavy atom. The van der Waals surface area contributed by atoms with Crippen LogP contribution in [-0.2, 0) is 13.1 Å². The van der Waals surface area contributed by atoms with E-state index in [0.717, 1.165) is 36.1 Å². The van der Waals surface area contributed by atoms with Gasteiger partial charge in [0, 0.05) is 38.3 Å². The molecule has 2 aliphatic heterocycles. The summed E-state index contributed by atoms with van der Waals surface area (Å²) in [5.41, 5.74) is 3.53. The monoisotopic (exact) mass is 394 g/mol. The molecule has 0 bridgehead atoms. The van der Waals surface area contributed by atoms with Gasteiger partial charge in [-0.15, -0.1) is 0 Å². The number of aliphatic imine (C=N–C) groups is 1. The van der Waals surface area contributed by atoms with E-state index in [-0.39, 0.29) is 0 Å². The third kappa shape index (κ3) is 5.41. The largest absolute Gasteiger partial charge is 0.490 e. The molecule has 2 aliphatic rings. The third-order valence-electron chi connectivity index (χ3n) is 5.32. The standard InChI is InChI=1S/C23H30N4O2/c1-24-23(26-20-9-10-21-22(15-20)29-14-4-13-28-21)25-16-18-5-7-19(8-6-18)17-27-11-2-3-12-27/h5-10,15H,2-4,11-14,16-17H2,1H3,(H2,24,25,26). The molecule has 4 rings (SSSR count). The van der Waals surface area contributed by atoms with Crippen LogP contribution in [0.2, 0.25) is 0 Å². The number of rotatable bonds is 5. The van der Waals surface area contributed by atoms with Gasteiger partial charge < -0.3 is 20.1 Å². The van der Waals surface area contributed by atoms with E-state index in [0.29, 0.717) is 19.8 Å². The zero-order valence-corrected chi connectivity index (χ0v) is 17.1. The van der Waals surface area contributed by atoms with E-state index in [2.05, 4.69) is 44.8 Å². The minimum Gasteiger partial charge on any atom is -0.490 e. The highest BCUT2D eigenvalue weighted by molar-refractivity contribution is 5.93. The second-order valence-corrected chi connectivity index (χ2v) is 7.56. The summed E-state index contributed by atoms with van der Waals surface area (Å²) in [5.74, 6) is 2.29. The van der Waals surface area contributed by atoms with Crippen LogP contribution in [0.3, 0.4) is 0 Å². The van der Waals surface area contributed by atoms with E-state index in [1.54, 1.807) is 7.05 Å². The lowest BCUT2D eigenvalue weighted by molar-refractivity contribution is 0.297. The quantitative estimate of drug-likeness (QED) is 0.599. The van der Waals surface area contributed by atoms with Crippen molar-refractivity contribution >= 4 is 11.6 Å². The van der Waals surface area contributed by atoms with Gasteiger partial charge in [-0.05, 0) is 49.2 Å². The maximum atomic E-state index is 5.76. The number of fused-ring (bicyclic) bond motifs is 1. The number of likely N-dealkylation sites (tertiary alicyclic amines) is 1. The Morgan fingerprint density at radius 2 is 1.66 bits per heavy atom. The fourth-order valence-electron chi connectivity index (χ4n) is 3.70. The normalized spacial score (nSPS) is 17.1. The van der Waals surface area contributed by atoms with Crippen LogP contribution in [-0.4, -0.2) is 44.2 Å². The maximum absolute atomic E-state index is 5.76. The molecule has 0 aromatic heterocycles. The average molecular weight is 395 g/mol. The Labute approximate surface area is 172 Å². The van der Waals surface area contributed by atoms with Gasteiger partial charge in [0.05, 0.1) is 13.2 Å². The molecule has 2 aromatic rings. The first-order valence-electron chi connectivity index (χ1n) is 10.5. The molecule has 154 valence electrons. The van der Waals surface area contributed by atoms with Crippen molar-refractivity contribution in [2.75, 3.05) is 38.7 Å². The highest BCUT2D eigenvalue weighted by Gasteiger charge is 2.12. The predicted molar refractivity (Wildman–Crippen MR) is 117 cm³/mol. The smallest absolute Gasteiger partial charge is 0.195 e. The summed E-state index contributed by atoms with van der Waals surface area (Å²) in [6.45, 7) is 5.60. The summed E-state index contributed by atoms with van der Waals surface area (Å²) < 4.78 is 11.5. The number of hydrogen-bond donors (Lipinski definition) is 2. The molecule has 0 aliphatic carbocycles. The summed E-state index contributed by atoms with van der Waals surface area (Å²) in [7, 11) is 1.78. The molecule has 6 nitrogen and oxygen atoms in total. The molecule has 6 heteroatoms. The maximum Gasteiger partial charge on any atom is 0.195 e. The van der Waals surface area contributed by atoms with Gasteiger partial charge in [-0.25, -0.2) is 0 Å². The zero-order valence-electron chi connectivity index (χ0n) is 17.1. The van der Waals surface area contributed by atoms with Gasteiger partial charge >= 0.3 is 0 Å². The molecule has 0 spiro atoms. The molecule has 2 N–H and O–H groups in total. The molecule has 1 fully saturated rings. The molecule has 2 aromatic carbocycles. The molecular weight excluding hydrogens is 364 g/mol. The minimum atomic E-state index is 0.678. The van der Waals surface area contributed by atoms with Crippen molar-refractivity contribution in [3.05, 3.63) is 53.6 Å². The Bertz CT molecular complexity index is 829. The van der Waals surface area contributed by atoms with E-state index in [1.165, 1.54) is 37.1 Å². The van der Waals surface area contributed by atoms with Crippen LogP contribution in [0.15, 0.2) is 47.5 Å². The van der Waals surface area contributed by atoms with Crippen molar-refractivity contribution in [3.8, 4) is 11.5 Å². The Balaban J connectivity index is 1.31. The van der Waals surface area contributed by atoms with Gasteiger partial charge in [-0.1, -0.05) is 24.3 Å². The summed E-state index contributed by atoms with van der Waals surface area (Å²) in [6, 6.07) is 14.7. The molecule has 2 heterocycles. The van der Waals surface area contributed by atoms with Gasteiger partial charge in [0.2, 0.25) is 0 Å². The lowest BCUT2D eigenvalue weighted by atomic mass is 10.1. The predicted octanol–water partition coefficient (Wildman–Crippen LogP) is 3.63. The average Bonchev–Trinajstić information content (AvgIpc) is 3.15. The first-order valence-corrected chi connectivity index (χ1v) is 10.5. The second kappa shape index (κ2) is 9.65. The number of guanidine groups is 1. The lowest BCUT2D eigenvalue weighted by Crippen LogP contribution is -2.30. The van der Waals surface area contributed by atoms with E-state index in [9.17, 15) is 0 Å². The minimum absolute atomic E-state index is 0.678. The van der Waals surface area contributed by atoms with Crippen LogP contribution >= 0.6 is 0 Å². The molecule has 0 saturated carbocycles.